The molecule has 1 aliphatic heterocycles. The van der Waals surface area contributed by atoms with Crippen molar-refractivity contribution in [2.75, 3.05) is 13.1 Å². The molecule has 2 nitrogen and oxygen atoms in total. The van der Waals surface area contributed by atoms with Gasteiger partial charge in [0.2, 0.25) is 0 Å². The maximum atomic E-state index is 5.87. The van der Waals surface area contributed by atoms with Gasteiger partial charge in [0.25, 0.3) is 0 Å². The Kier molecular flexibility index (Phi) is 4.90. The van der Waals surface area contributed by atoms with E-state index in [2.05, 4.69) is 32.6 Å². The highest BCUT2D eigenvalue weighted by Gasteiger charge is 2.19. The van der Waals surface area contributed by atoms with Crippen molar-refractivity contribution in [2.45, 2.75) is 65.2 Å². The molecule has 0 aromatic heterocycles. The Labute approximate surface area is 88.6 Å². The van der Waals surface area contributed by atoms with Crippen molar-refractivity contribution in [3.05, 3.63) is 0 Å². The molecule has 14 heavy (non-hydrogen) atoms. The highest BCUT2D eigenvalue weighted by Crippen LogP contribution is 2.17. The minimum Gasteiger partial charge on any atom is -0.376 e. The van der Waals surface area contributed by atoms with Crippen molar-refractivity contribution in [3.63, 3.8) is 0 Å². The number of hydrogen-bond acceptors (Lipinski definition) is 2. The van der Waals surface area contributed by atoms with Crippen LogP contribution in [0, 0.1) is 0 Å². The second-order valence-electron chi connectivity index (χ2n) is 4.87. The van der Waals surface area contributed by atoms with E-state index in [1.165, 1.54) is 32.4 Å². The summed E-state index contributed by atoms with van der Waals surface area (Å²) in [5, 5.41) is 0. The summed E-state index contributed by atoms with van der Waals surface area (Å²) < 4.78 is 5.87. The van der Waals surface area contributed by atoms with Gasteiger partial charge < -0.3 is 9.64 Å². The predicted molar refractivity (Wildman–Crippen MR) is 60.6 cm³/mol. The number of rotatable bonds is 3. The molecule has 0 bridgehead atoms. The summed E-state index contributed by atoms with van der Waals surface area (Å²) in [7, 11) is 0. The summed E-state index contributed by atoms with van der Waals surface area (Å²) in [6.07, 6.45) is 4.61. The van der Waals surface area contributed by atoms with E-state index in [0.717, 1.165) is 0 Å². The number of hydrogen-bond donors (Lipinski definition) is 0. The minimum atomic E-state index is 0.380. The molecule has 0 aromatic carbocycles. The predicted octanol–water partition coefficient (Wildman–Crippen LogP) is 2.67. The van der Waals surface area contributed by atoms with Gasteiger partial charge in [-0.05, 0) is 53.5 Å². The van der Waals surface area contributed by atoms with Gasteiger partial charge in [0, 0.05) is 12.6 Å². The van der Waals surface area contributed by atoms with Crippen LogP contribution >= 0.6 is 0 Å². The summed E-state index contributed by atoms with van der Waals surface area (Å²) >= 11 is 0. The van der Waals surface area contributed by atoms with Crippen molar-refractivity contribution in [3.8, 4) is 0 Å². The minimum absolute atomic E-state index is 0.380. The Bertz CT molecular complexity index is 156. The monoisotopic (exact) mass is 199 g/mol. The first-order valence-electron chi connectivity index (χ1n) is 5.99. The molecule has 2 heteroatoms. The molecule has 84 valence electrons. The van der Waals surface area contributed by atoms with Crippen LogP contribution in [-0.2, 0) is 4.74 Å². The van der Waals surface area contributed by atoms with Crippen molar-refractivity contribution in [1.82, 2.24) is 4.90 Å². The second kappa shape index (κ2) is 5.72. The average Bonchev–Trinajstić information content (AvgIpc) is 2.28. The van der Waals surface area contributed by atoms with Crippen LogP contribution in [0.3, 0.4) is 0 Å². The fourth-order valence-corrected chi connectivity index (χ4v) is 2.13. The SMILES string of the molecule is CC(C)OC1CCCN(C(C)C)CC1. The zero-order valence-corrected chi connectivity index (χ0v) is 10.1. The third kappa shape index (κ3) is 3.97. The van der Waals surface area contributed by atoms with Gasteiger partial charge >= 0.3 is 0 Å². The molecule has 0 saturated carbocycles. The lowest BCUT2D eigenvalue weighted by Gasteiger charge is -2.24. The lowest BCUT2D eigenvalue weighted by molar-refractivity contribution is 0.00000913. The third-order valence-electron chi connectivity index (χ3n) is 2.90. The summed E-state index contributed by atoms with van der Waals surface area (Å²) in [6.45, 7) is 11.3. The van der Waals surface area contributed by atoms with Crippen molar-refractivity contribution < 1.29 is 4.74 Å². The Morgan fingerprint density at radius 3 is 2.36 bits per heavy atom. The van der Waals surface area contributed by atoms with E-state index in [1.807, 2.05) is 0 Å². The highest BCUT2D eigenvalue weighted by molar-refractivity contribution is 4.72. The van der Waals surface area contributed by atoms with Crippen molar-refractivity contribution >= 4 is 0 Å². The van der Waals surface area contributed by atoms with Crippen LogP contribution in [0.25, 0.3) is 0 Å². The van der Waals surface area contributed by atoms with E-state index in [1.54, 1.807) is 0 Å². The van der Waals surface area contributed by atoms with Gasteiger partial charge in [0.15, 0.2) is 0 Å². The highest BCUT2D eigenvalue weighted by atomic mass is 16.5. The molecule has 1 atom stereocenters. The Morgan fingerprint density at radius 2 is 1.79 bits per heavy atom. The fourth-order valence-electron chi connectivity index (χ4n) is 2.13. The summed E-state index contributed by atoms with van der Waals surface area (Å²) in [6, 6.07) is 0.688. The molecule has 1 heterocycles. The van der Waals surface area contributed by atoms with Gasteiger partial charge in [0.05, 0.1) is 12.2 Å². The van der Waals surface area contributed by atoms with E-state index >= 15 is 0 Å². The standard InChI is InChI=1S/C12H25NO/c1-10(2)13-8-5-6-12(7-9-13)14-11(3)4/h10-12H,5-9H2,1-4H3. The van der Waals surface area contributed by atoms with E-state index in [4.69, 9.17) is 4.74 Å². The van der Waals surface area contributed by atoms with Crippen LogP contribution < -0.4 is 0 Å². The molecule has 0 aromatic rings. The van der Waals surface area contributed by atoms with Crippen LogP contribution in [-0.4, -0.2) is 36.2 Å². The van der Waals surface area contributed by atoms with Crippen LogP contribution in [0.1, 0.15) is 47.0 Å². The first kappa shape index (κ1) is 12.0. The van der Waals surface area contributed by atoms with Crippen molar-refractivity contribution in [2.24, 2.45) is 0 Å². The zero-order valence-electron chi connectivity index (χ0n) is 10.1. The number of nitrogens with zero attached hydrogens (tertiary/aromatic N) is 1. The molecule has 0 amide bonds. The molecular weight excluding hydrogens is 174 g/mol. The molecule has 0 spiro atoms. The maximum absolute atomic E-state index is 5.87. The van der Waals surface area contributed by atoms with Gasteiger partial charge in [-0.25, -0.2) is 0 Å². The number of likely N-dealkylation sites (tertiary alicyclic amines) is 1. The Balaban J connectivity index is 2.33. The third-order valence-corrected chi connectivity index (χ3v) is 2.90. The quantitative estimate of drug-likeness (QED) is 0.693. The molecule has 0 N–H and O–H groups in total. The first-order valence-corrected chi connectivity index (χ1v) is 5.99. The Morgan fingerprint density at radius 1 is 1.07 bits per heavy atom. The maximum Gasteiger partial charge on any atom is 0.0591 e. The summed E-state index contributed by atoms with van der Waals surface area (Å²) in [4.78, 5) is 2.56. The van der Waals surface area contributed by atoms with Gasteiger partial charge in [-0.2, -0.15) is 0 Å². The van der Waals surface area contributed by atoms with Gasteiger partial charge in [-0.3, -0.25) is 0 Å². The normalized spacial score (nSPS) is 25.7. The molecular formula is C12H25NO. The van der Waals surface area contributed by atoms with Crippen LogP contribution in [0.15, 0.2) is 0 Å². The second-order valence-corrected chi connectivity index (χ2v) is 4.87. The first-order chi connectivity index (χ1) is 6.59. The van der Waals surface area contributed by atoms with Crippen molar-refractivity contribution in [1.29, 1.82) is 0 Å². The zero-order chi connectivity index (χ0) is 10.6. The molecule has 1 unspecified atom stereocenters. The molecule has 1 fully saturated rings. The topological polar surface area (TPSA) is 12.5 Å². The smallest absolute Gasteiger partial charge is 0.0591 e. The summed E-state index contributed by atoms with van der Waals surface area (Å²) in [5.41, 5.74) is 0. The summed E-state index contributed by atoms with van der Waals surface area (Å²) in [5.74, 6) is 0. The van der Waals surface area contributed by atoms with Gasteiger partial charge in [-0.15, -0.1) is 0 Å². The van der Waals surface area contributed by atoms with E-state index in [9.17, 15) is 0 Å². The van der Waals surface area contributed by atoms with Crippen LogP contribution in [0.4, 0.5) is 0 Å². The van der Waals surface area contributed by atoms with Crippen LogP contribution in [0.5, 0.6) is 0 Å². The Hall–Kier alpha value is -0.0800. The van der Waals surface area contributed by atoms with E-state index < -0.39 is 0 Å². The number of ether oxygens (including phenoxy) is 1. The molecule has 0 aliphatic carbocycles. The lowest BCUT2D eigenvalue weighted by Crippen LogP contribution is -2.32. The molecule has 0 radical (unpaired) electrons. The van der Waals surface area contributed by atoms with E-state index in [0.29, 0.717) is 18.2 Å². The van der Waals surface area contributed by atoms with Crippen LogP contribution in [0.2, 0.25) is 0 Å². The lowest BCUT2D eigenvalue weighted by atomic mass is 10.1. The van der Waals surface area contributed by atoms with E-state index in [-0.39, 0.29) is 0 Å². The molecule has 1 rings (SSSR count). The van der Waals surface area contributed by atoms with Gasteiger partial charge in [-0.1, -0.05) is 0 Å². The molecule has 1 saturated heterocycles. The van der Waals surface area contributed by atoms with Gasteiger partial charge in [0.1, 0.15) is 0 Å². The average molecular weight is 199 g/mol. The fraction of sp³-hybridized carbons (Fsp3) is 1.00. The largest absolute Gasteiger partial charge is 0.376 e. The molecule has 1 aliphatic rings.